The molecule has 0 aromatic heterocycles. The predicted molar refractivity (Wildman–Crippen MR) is 68.3 cm³/mol. The van der Waals surface area contributed by atoms with Crippen LogP contribution in [0.15, 0.2) is 12.7 Å². The Kier molecular flexibility index (Phi) is 5.49. The molecule has 0 aliphatic carbocycles. The van der Waals surface area contributed by atoms with Gasteiger partial charge in [0, 0.05) is 6.04 Å². The summed E-state index contributed by atoms with van der Waals surface area (Å²) < 4.78 is 22.6. The summed E-state index contributed by atoms with van der Waals surface area (Å²) in [6.07, 6.45) is 5.97. The first-order chi connectivity index (χ1) is 7.57. The molecule has 1 aliphatic heterocycles. The molecule has 1 fully saturated rings. The highest BCUT2D eigenvalue weighted by Gasteiger charge is 2.27. The summed E-state index contributed by atoms with van der Waals surface area (Å²) in [5.41, 5.74) is 0. The zero-order valence-corrected chi connectivity index (χ0v) is 10.9. The van der Waals surface area contributed by atoms with Crippen molar-refractivity contribution in [3.05, 3.63) is 12.7 Å². The molecular weight excluding hydrogens is 222 g/mol. The maximum atomic E-state index is 11.3. The zero-order chi connectivity index (χ0) is 12.0. The summed E-state index contributed by atoms with van der Waals surface area (Å²) in [6.45, 7) is 6.72. The summed E-state index contributed by atoms with van der Waals surface area (Å²) in [5.74, 6) is 1.07. The van der Waals surface area contributed by atoms with Crippen LogP contribution >= 0.6 is 0 Å². The molecule has 0 unspecified atom stereocenters. The molecule has 0 radical (unpaired) electrons. The highest BCUT2D eigenvalue weighted by atomic mass is 32.2. The molecule has 3 nitrogen and oxygen atoms in total. The lowest BCUT2D eigenvalue weighted by Crippen LogP contribution is -2.33. The summed E-state index contributed by atoms with van der Waals surface area (Å²) in [4.78, 5) is 0. The molecule has 1 aliphatic rings. The second kappa shape index (κ2) is 6.40. The van der Waals surface area contributed by atoms with Crippen LogP contribution in [-0.2, 0) is 9.84 Å². The van der Waals surface area contributed by atoms with Gasteiger partial charge in [0.25, 0.3) is 0 Å². The Morgan fingerprint density at radius 1 is 1.56 bits per heavy atom. The Hall–Kier alpha value is -0.350. The van der Waals surface area contributed by atoms with Gasteiger partial charge in [-0.1, -0.05) is 13.0 Å². The third-order valence-corrected chi connectivity index (χ3v) is 5.07. The molecule has 0 bridgehead atoms. The van der Waals surface area contributed by atoms with E-state index in [1.807, 2.05) is 6.08 Å². The van der Waals surface area contributed by atoms with Crippen LogP contribution in [0, 0.1) is 5.92 Å². The zero-order valence-electron chi connectivity index (χ0n) is 10.1. The van der Waals surface area contributed by atoms with E-state index in [0.29, 0.717) is 23.5 Å². The lowest BCUT2D eigenvalue weighted by atomic mass is 10.1. The third-order valence-electron chi connectivity index (χ3n) is 3.23. The maximum absolute atomic E-state index is 11.3. The van der Waals surface area contributed by atoms with Gasteiger partial charge in [0.05, 0.1) is 11.5 Å². The van der Waals surface area contributed by atoms with Gasteiger partial charge >= 0.3 is 0 Å². The van der Waals surface area contributed by atoms with E-state index in [0.717, 1.165) is 32.2 Å². The molecule has 0 spiro atoms. The number of sulfone groups is 1. The molecule has 0 aromatic rings. The van der Waals surface area contributed by atoms with Crippen molar-refractivity contribution in [2.75, 3.05) is 18.1 Å². The first kappa shape index (κ1) is 13.7. The standard InChI is InChI=1S/C12H23NO2S/c1-3-5-6-12(4-2)13-9-11-7-8-16(14,15)10-11/h3,11-13H,1,4-10H2,2H3/t11-,12-/m0/s1. The van der Waals surface area contributed by atoms with Gasteiger partial charge in [0.2, 0.25) is 0 Å². The van der Waals surface area contributed by atoms with E-state index in [2.05, 4.69) is 18.8 Å². The van der Waals surface area contributed by atoms with Crippen molar-refractivity contribution in [3.8, 4) is 0 Å². The quantitative estimate of drug-likeness (QED) is 0.695. The van der Waals surface area contributed by atoms with Crippen molar-refractivity contribution in [2.45, 2.75) is 38.6 Å². The van der Waals surface area contributed by atoms with E-state index in [1.165, 1.54) is 0 Å². The van der Waals surface area contributed by atoms with Gasteiger partial charge in [-0.15, -0.1) is 6.58 Å². The topological polar surface area (TPSA) is 46.2 Å². The average molecular weight is 245 g/mol. The van der Waals surface area contributed by atoms with Gasteiger partial charge < -0.3 is 5.32 Å². The van der Waals surface area contributed by atoms with Crippen LogP contribution in [0.3, 0.4) is 0 Å². The largest absolute Gasteiger partial charge is 0.314 e. The molecule has 2 atom stereocenters. The lowest BCUT2D eigenvalue weighted by Gasteiger charge is -2.18. The maximum Gasteiger partial charge on any atom is 0.150 e. The number of hydrogen-bond acceptors (Lipinski definition) is 3. The van der Waals surface area contributed by atoms with Gasteiger partial charge in [-0.2, -0.15) is 0 Å². The minimum Gasteiger partial charge on any atom is -0.314 e. The average Bonchev–Trinajstić information content (AvgIpc) is 2.59. The molecular formula is C12H23NO2S. The van der Waals surface area contributed by atoms with Gasteiger partial charge in [0.15, 0.2) is 9.84 Å². The number of nitrogens with one attached hydrogen (secondary N) is 1. The highest BCUT2D eigenvalue weighted by Crippen LogP contribution is 2.17. The second-order valence-corrected chi connectivity index (χ2v) is 6.88. The molecule has 4 heteroatoms. The number of rotatable bonds is 7. The molecule has 1 heterocycles. The second-order valence-electron chi connectivity index (χ2n) is 4.65. The van der Waals surface area contributed by atoms with Crippen LogP contribution < -0.4 is 5.32 Å². The minimum atomic E-state index is -2.72. The fourth-order valence-corrected chi connectivity index (χ4v) is 4.00. The first-order valence-electron chi connectivity index (χ1n) is 6.12. The van der Waals surface area contributed by atoms with Crippen molar-refractivity contribution in [3.63, 3.8) is 0 Å². The Balaban J connectivity index is 2.25. The van der Waals surface area contributed by atoms with Crippen LogP contribution in [0.1, 0.15) is 32.6 Å². The predicted octanol–water partition coefficient (Wildman–Crippen LogP) is 1.76. The third kappa shape index (κ3) is 4.66. The molecule has 94 valence electrons. The monoisotopic (exact) mass is 245 g/mol. The van der Waals surface area contributed by atoms with E-state index in [1.54, 1.807) is 0 Å². The molecule has 16 heavy (non-hydrogen) atoms. The van der Waals surface area contributed by atoms with Crippen LogP contribution in [0.5, 0.6) is 0 Å². The normalized spacial score (nSPS) is 25.4. The molecule has 0 saturated carbocycles. The van der Waals surface area contributed by atoms with Crippen LogP contribution in [0.2, 0.25) is 0 Å². The summed E-state index contributed by atoms with van der Waals surface area (Å²) in [5, 5.41) is 3.47. The van der Waals surface area contributed by atoms with Crippen LogP contribution in [0.25, 0.3) is 0 Å². The van der Waals surface area contributed by atoms with E-state index in [9.17, 15) is 8.42 Å². The fourth-order valence-electron chi connectivity index (χ4n) is 2.14. The van der Waals surface area contributed by atoms with Crippen LogP contribution in [-0.4, -0.2) is 32.5 Å². The summed E-state index contributed by atoms with van der Waals surface area (Å²) in [6, 6.07) is 0.501. The van der Waals surface area contributed by atoms with Gasteiger partial charge in [-0.25, -0.2) is 8.42 Å². The first-order valence-corrected chi connectivity index (χ1v) is 7.94. The SMILES string of the molecule is C=CCC[C@H](CC)NC[C@@H]1CCS(=O)(=O)C1. The molecule has 1 saturated heterocycles. The van der Waals surface area contributed by atoms with Crippen molar-refractivity contribution in [2.24, 2.45) is 5.92 Å². The Morgan fingerprint density at radius 2 is 2.31 bits per heavy atom. The van der Waals surface area contributed by atoms with E-state index >= 15 is 0 Å². The Morgan fingerprint density at radius 3 is 2.81 bits per heavy atom. The van der Waals surface area contributed by atoms with Crippen molar-refractivity contribution in [1.29, 1.82) is 0 Å². The molecule has 1 rings (SSSR count). The van der Waals surface area contributed by atoms with Crippen molar-refractivity contribution >= 4 is 9.84 Å². The van der Waals surface area contributed by atoms with Gasteiger partial charge in [0.1, 0.15) is 0 Å². The summed E-state index contributed by atoms with van der Waals surface area (Å²) >= 11 is 0. The van der Waals surface area contributed by atoms with Crippen LogP contribution in [0.4, 0.5) is 0 Å². The molecule has 0 amide bonds. The summed E-state index contributed by atoms with van der Waals surface area (Å²) in [7, 11) is -2.72. The highest BCUT2D eigenvalue weighted by molar-refractivity contribution is 7.91. The van der Waals surface area contributed by atoms with E-state index in [4.69, 9.17) is 0 Å². The molecule has 0 aromatic carbocycles. The van der Waals surface area contributed by atoms with Crippen molar-refractivity contribution < 1.29 is 8.42 Å². The molecule has 1 N–H and O–H groups in total. The minimum absolute atomic E-state index is 0.322. The smallest absolute Gasteiger partial charge is 0.150 e. The number of allylic oxidation sites excluding steroid dienone is 1. The number of hydrogen-bond donors (Lipinski definition) is 1. The fraction of sp³-hybridized carbons (Fsp3) is 0.833. The van der Waals surface area contributed by atoms with Gasteiger partial charge in [-0.05, 0) is 38.1 Å². The van der Waals surface area contributed by atoms with Crippen molar-refractivity contribution in [1.82, 2.24) is 5.32 Å². The van der Waals surface area contributed by atoms with Gasteiger partial charge in [-0.3, -0.25) is 0 Å². The Bertz CT molecular complexity index is 311. The van der Waals surface area contributed by atoms with E-state index in [-0.39, 0.29) is 0 Å². The lowest BCUT2D eigenvalue weighted by molar-refractivity contribution is 0.423. The van der Waals surface area contributed by atoms with E-state index < -0.39 is 9.84 Å². The Labute approximate surface area is 99.2 Å².